The van der Waals surface area contributed by atoms with Crippen LogP contribution in [0.5, 0.6) is 0 Å². The molecule has 0 radical (unpaired) electrons. The Hall–Kier alpha value is -1.10. The second kappa shape index (κ2) is 6.57. The fourth-order valence-corrected chi connectivity index (χ4v) is 3.18. The third-order valence-electron chi connectivity index (χ3n) is 4.16. The van der Waals surface area contributed by atoms with E-state index in [2.05, 4.69) is 32.6 Å². The molecule has 0 spiro atoms. The van der Waals surface area contributed by atoms with Crippen molar-refractivity contribution in [2.24, 2.45) is 0 Å². The summed E-state index contributed by atoms with van der Waals surface area (Å²) in [6.45, 7) is 9.91. The van der Waals surface area contributed by atoms with Crippen molar-refractivity contribution in [2.45, 2.75) is 70.9 Å². The van der Waals surface area contributed by atoms with Crippen molar-refractivity contribution in [1.29, 1.82) is 0 Å². The molecule has 1 aliphatic heterocycles. The summed E-state index contributed by atoms with van der Waals surface area (Å²) in [6.07, 6.45) is 3.28. The van der Waals surface area contributed by atoms with Crippen LogP contribution >= 0.6 is 0 Å². The second-order valence-electron chi connectivity index (χ2n) is 6.74. The van der Waals surface area contributed by atoms with E-state index in [1.165, 1.54) is 6.42 Å². The summed E-state index contributed by atoms with van der Waals surface area (Å²) < 4.78 is 5.14. The van der Waals surface area contributed by atoms with Crippen LogP contribution < -0.4 is 0 Å². The number of hydrogen-bond donors (Lipinski definition) is 1. The van der Waals surface area contributed by atoms with E-state index in [-0.39, 0.29) is 23.9 Å². The highest BCUT2D eigenvalue weighted by Crippen LogP contribution is 2.37. The van der Waals surface area contributed by atoms with Gasteiger partial charge in [-0.25, -0.2) is 0 Å². The Morgan fingerprint density at radius 2 is 1.65 bits per heavy atom. The number of hydrogen-bond acceptors (Lipinski definition) is 4. The maximum Gasteiger partial charge on any atom is 0.306 e. The summed E-state index contributed by atoms with van der Waals surface area (Å²) in [5.41, 5.74) is 0.213. The zero-order chi connectivity index (χ0) is 15.4. The van der Waals surface area contributed by atoms with Crippen LogP contribution in [-0.2, 0) is 14.3 Å². The van der Waals surface area contributed by atoms with Gasteiger partial charge in [0.05, 0.1) is 12.8 Å². The zero-order valence-corrected chi connectivity index (χ0v) is 13.1. The molecule has 1 rings (SSSR count). The third kappa shape index (κ3) is 4.78. The lowest BCUT2D eigenvalue weighted by atomic mass is 9.80. The number of carbonyl (C=O) groups excluding carboxylic acids is 1. The van der Waals surface area contributed by atoms with Crippen LogP contribution in [0.1, 0.15) is 59.8 Å². The van der Waals surface area contributed by atoms with E-state index in [1.54, 1.807) is 0 Å². The number of esters is 1. The standard InChI is InChI=1S/C15H27NO4/c1-14(2)8-5-9-15(3,4)16(14)10-11-20-13(19)7-6-12(17)18/h5-11H2,1-4H3,(H,17,18). The van der Waals surface area contributed by atoms with Crippen LogP contribution in [-0.4, -0.2) is 46.2 Å². The van der Waals surface area contributed by atoms with Gasteiger partial charge < -0.3 is 9.84 Å². The van der Waals surface area contributed by atoms with Gasteiger partial charge in [-0.1, -0.05) is 0 Å². The lowest BCUT2D eigenvalue weighted by molar-refractivity contribution is -0.149. The van der Waals surface area contributed by atoms with Gasteiger partial charge in [-0.05, 0) is 47.0 Å². The van der Waals surface area contributed by atoms with Gasteiger partial charge >= 0.3 is 11.9 Å². The van der Waals surface area contributed by atoms with Crippen molar-refractivity contribution >= 4 is 11.9 Å². The highest BCUT2D eigenvalue weighted by atomic mass is 16.5. The molecule has 1 fully saturated rings. The molecule has 20 heavy (non-hydrogen) atoms. The number of carbonyl (C=O) groups is 2. The van der Waals surface area contributed by atoms with Gasteiger partial charge in [-0.3, -0.25) is 14.5 Å². The Bertz CT molecular complexity index is 347. The Balaban J connectivity index is 2.42. The minimum Gasteiger partial charge on any atom is -0.481 e. The molecule has 0 unspecified atom stereocenters. The average molecular weight is 285 g/mol. The van der Waals surface area contributed by atoms with Gasteiger partial charge in [0.2, 0.25) is 0 Å². The van der Waals surface area contributed by atoms with E-state index < -0.39 is 11.9 Å². The zero-order valence-electron chi connectivity index (χ0n) is 13.1. The van der Waals surface area contributed by atoms with E-state index >= 15 is 0 Å². The van der Waals surface area contributed by atoms with Gasteiger partial charge in [0.1, 0.15) is 6.61 Å². The molecule has 5 heteroatoms. The Morgan fingerprint density at radius 1 is 1.10 bits per heavy atom. The van der Waals surface area contributed by atoms with Gasteiger partial charge in [0.15, 0.2) is 0 Å². The minimum atomic E-state index is -0.972. The molecule has 0 amide bonds. The average Bonchev–Trinajstić information content (AvgIpc) is 2.29. The van der Waals surface area contributed by atoms with Crippen LogP contribution in [0.4, 0.5) is 0 Å². The molecular weight excluding hydrogens is 258 g/mol. The second-order valence-corrected chi connectivity index (χ2v) is 6.74. The lowest BCUT2D eigenvalue weighted by Crippen LogP contribution is -2.59. The number of nitrogens with zero attached hydrogens (tertiary/aromatic N) is 1. The first-order valence-corrected chi connectivity index (χ1v) is 7.30. The van der Waals surface area contributed by atoms with E-state index in [4.69, 9.17) is 9.84 Å². The van der Waals surface area contributed by atoms with Crippen LogP contribution in [0.2, 0.25) is 0 Å². The van der Waals surface area contributed by atoms with Gasteiger partial charge in [-0.15, -0.1) is 0 Å². The summed E-state index contributed by atoms with van der Waals surface area (Å²) in [6, 6.07) is 0. The summed E-state index contributed by atoms with van der Waals surface area (Å²) in [7, 11) is 0. The smallest absolute Gasteiger partial charge is 0.306 e. The normalized spacial score (nSPS) is 21.4. The molecule has 0 aliphatic carbocycles. The molecule has 0 aromatic rings. The number of rotatable bonds is 6. The first-order chi connectivity index (χ1) is 9.15. The number of aliphatic carboxylic acids is 1. The van der Waals surface area contributed by atoms with E-state index in [0.29, 0.717) is 13.2 Å². The predicted octanol–water partition coefficient (Wildman–Crippen LogP) is 2.44. The molecule has 0 atom stereocenters. The van der Waals surface area contributed by atoms with Crippen LogP contribution in [0.15, 0.2) is 0 Å². The van der Waals surface area contributed by atoms with Crippen molar-refractivity contribution < 1.29 is 19.4 Å². The third-order valence-corrected chi connectivity index (χ3v) is 4.16. The fourth-order valence-electron chi connectivity index (χ4n) is 3.18. The van der Waals surface area contributed by atoms with Gasteiger partial charge in [0, 0.05) is 17.6 Å². The first-order valence-electron chi connectivity index (χ1n) is 7.30. The highest BCUT2D eigenvalue weighted by molar-refractivity contribution is 5.76. The van der Waals surface area contributed by atoms with Gasteiger partial charge in [0.25, 0.3) is 0 Å². The number of ether oxygens (including phenoxy) is 1. The van der Waals surface area contributed by atoms with Crippen LogP contribution in [0, 0.1) is 0 Å². The largest absolute Gasteiger partial charge is 0.481 e. The quantitative estimate of drug-likeness (QED) is 0.759. The van der Waals surface area contributed by atoms with Crippen molar-refractivity contribution in [3.8, 4) is 0 Å². The van der Waals surface area contributed by atoms with Crippen molar-refractivity contribution in [3.05, 3.63) is 0 Å². The summed E-state index contributed by atoms with van der Waals surface area (Å²) in [5.74, 6) is -1.40. The molecule has 0 aromatic carbocycles. The summed E-state index contributed by atoms with van der Waals surface area (Å²) in [4.78, 5) is 24.2. The molecule has 0 saturated carbocycles. The molecule has 0 bridgehead atoms. The fraction of sp³-hybridized carbons (Fsp3) is 0.867. The van der Waals surface area contributed by atoms with E-state index in [1.807, 2.05) is 0 Å². The van der Waals surface area contributed by atoms with Crippen LogP contribution in [0.25, 0.3) is 0 Å². The lowest BCUT2D eigenvalue weighted by Gasteiger charge is -2.52. The van der Waals surface area contributed by atoms with E-state index in [9.17, 15) is 9.59 Å². The Kier molecular flexibility index (Phi) is 5.57. The Labute approximate surface area is 121 Å². The SMILES string of the molecule is CC1(C)CCCC(C)(C)N1CCOC(=O)CCC(=O)O. The molecule has 1 N–H and O–H groups in total. The predicted molar refractivity (Wildman–Crippen MR) is 76.5 cm³/mol. The van der Waals surface area contributed by atoms with Gasteiger partial charge in [-0.2, -0.15) is 0 Å². The molecule has 1 aliphatic rings. The first kappa shape index (κ1) is 17.0. The monoisotopic (exact) mass is 285 g/mol. The Morgan fingerprint density at radius 3 is 2.15 bits per heavy atom. The molecule has 116 valence electrons. The molecule has 1 saturated heterocycles. The molecule has 1 heterocycles. The van der Waals surface area contributed by atoms with Crippen molar-refractivity contribution in [2.75, 3.05) is 13.2 Å². The van der Waals surface area contributed by atoms with Crippen LogP contribution in [0.3, 0.4) is 0 Å². The van der Waals surface area contributed by atoms with E-state index in [0.717, 1.165) is 12.8 Å². The topological polar surface area (TPSA) is 66.8 Å². The van der Waals surface area contributed by atoms with Crippen molar-refractivity contribution in [3.63, 3.8) is 0 Å². The number of carboxylic acids is 1. The summed E-state index contributed by atoms with van der Waals surface area (Å²) >= 11 is 0. The maximum absolute atomic E-state index is 11.4. The summed E-state index contributed by atoms with van der Waals surface area (Å²) in [5, 5.41) is 8.51. The molecule has 0 aromatic heterocycles. The minimum absolute atomic E-state index is 0.0535. The van der Waals surface area contributed by atoms with Crippen molar-refractivity contribution in [1.82, 2.24) is 4.90 Å². The molecular formula is C15H27NO4. The maximum atomic E-state index is 11.4. The highest BCUT2D eigenvalue weighted by Gasteiger charge is 2.40. The number of carboxylic acid groups (broad SMARTS) is 1. The number of likely N-dealkylation sites (tertiary alicyclic amines) is 1. The number of piperidine rings is 1. The molecule has 5 nitrogen and oxygen atoms in total.